The van der Waals surface area contributed by atoms with Gasteiger partial charge in [0.05, 0.1) is 5.69 Å². The van der Waals surface area contributed by atoms with Crippen LogP contribution in [0.15, 0.2) is 48.5 Å². The number of nitrogens with one attached hydrogen (secondary N) is 1. The summed E-state index contributed by atoms with van der Waals surface area (Å²) in [6.45, 7) is 6.66. The van der Waals surface area contributed by atoms with Crippen molar-refractivity contribution in [3.8, 4) is 5.75 Å². The molecule has 1 N–H and O–H groups in total. The van der Waals surface area contributed by atoms with Crippen molar-refractivity contribution in [2.24, 2.45) is 0 Å². The summed E-state index contributed by atoms with van der Waals surface area (Å²) >= 11 is 0. The van der Waals surface area contributed by atoms with Crippen LogP contribution in [0.25, 0.3) is 0 Å². The number of hydrogen-bond donors (Lipinski definition) is 1. The van der Waals surface area contributed by atoms with Crippen LogP contribution in [0.3, 0.4) is 0 Å². The van der Waals surface area contributed by atoms with Gasteiger partial charge in [0.25, 0.3) is 5.91 Å². The SMILES string of the molecule is CC(C)(C)c1ccccc1NC(=O)CCN1C(=O)COc2ccccc21. The predicted octanol–water partition coefficient (Wildman–Crippen LogP) is 3.74. The van der Waals surface area contributed by atoms with Gasteiger partial charge in [-0.2, -0.15) is 0 Å². The van der Waals surface area contributed by atoms with Crippen molar-refractivity contribution in [3.63, 3.8) is 0 Å². The topological polar surface area (TPSA) is 58.6 Å². The molecule has 0 bridgehead atoms. The van der Waals surface area contributed by atoms with Crippen LogP contribution >= 0.6 is 0 Å². The molecule has 1 aliphatic heterocycles. The number of hydrogen-bond acceptors (Lipinski definition) is 3. The van der Waals surface area contributed by atoms with E-state index in [4.69, 9.17) is 4.74 Å². The Bertz CT molecular complexity index is 824. The lowest BCUT2D eigenvalue weighted by atomic mass is 9.86. The Kier molecular flexibility index (Phi) is 4.98. The normalized spacial score (nSPS) is 13.8. The monoisotopic (exact) mass is 352 g/mol. The number of carbonyl (C=O) groups is 2. The van der Waals surface area contributed by atoms with E-state index >= 15 is 0 Å². The molecule has 136 valence electrons. The molecule has 5 nitrogen and oxygen atoms in total. The van der Waals surface area contributed by atoms with Gasteiger partial charge in [-0.1, -0.05) is 51.1 Å². The van der Waals surface area contributed by atoms with E-state index in [1.165, 1.54) is 0 Å². The van der Waals surface area contributed by atoms with Crippen LogP contribution in [0.2, 0.25) is 0 Å². The fraction of sp³-hybridized carbons (Fsp3) is 0.333. The van der Waals surface area contributed by atoms with E-state index in [1.807, 2.05) is 48.5 Å². The van der Waals surface area contributed by atoms with Crippen LogP contribution in [0.5, 0.6) is 5.75 Å². The fourth-order valence-corrected chi connectivity index (χ4v) is 3.07. The lowest BCUT2D eigenvalue weighted by Gasteiger charge is -2.29. The van der Waals surface area contributed by atoms with E-state index in [0.717, 1.165) is 11.3 Å². The van der Waals surface area contributed by atoms with Crippen molar-refractivity contribution in [3.05, 3.63) is 54.1 Å². The highest BCUT2D eigenvalue weighted by molar-refractivity contribution is 5.99. The van der Waals surface area contributed by atoms with Crippen LogP contribution in [0.4, 0.5) is 11.4 Å². The third kappa shape index (κ3) is 3.87. The second-order valence-corrected chi connectivity index (χ2v) is 7.40. The summed E-state index contributed by atoms with van der Waals surface area (Å²) in [5, 5.41) is 2.99. The van der Waals surface area contributed by atoms with E-state index in [-0.39, 0.29) is 30.3 Å². The van der Waals surface area contributed by atoms with Crippen molar-refractivity contribution in [1.29, 1.82) is 0 Å². The first-order valence-corrected chi connectivity index (χ1v) is 8.78. The van der Waals surface area contributed by atoms with Gasteiger partial charge in [0.15, 0.2) is 6.61 Å². The third-order valence-corrected chi connectivity index (χ3v) is 4.38. The number of benzene rings is 2. The van der Waals surface area contributed by atoms with Crippen LogP contribution in [0, 0.1) is 0 Å². The molecule has 26 heavy (non-hydrogen) atoms. The van der Waals surface area contributed by atoms with E-state index in [9.17, 15) is 9.59 Å². The van der Waals surface area contributed by atoms with Gasteiger partial charge in [-0.15, -0.1) is 0 Å². The number of carbonyl (C=O) groups excluding carboxylic acids is 2. The minimum Gasteiger partial charge on any atom is -0.482 e. The predicted molar refractivity (Wildman–Crippen MR) is 103 cm³/mol. The van der Waals surface area contributed by atoms with Gasteiger partial charge >= 0.3 is 0 Å². The second kappa shape index (κ2) is 7.20. The Balaban J connectivity index is 1.68. The van der Waals surface area contributed by atoms with Crippen molar-refractivity contribution in [2.75, 3.05) is 23.4 Å². The van der Waals surface area contributed by atoms with Crippen LogP contribution in [-0.4, -0.2) is 25.0 Å². The standard InChI is InChI=1S/C21H24N2O3/c1-21(2,3)15-8-4-5-9-16(15)22-19(24)12-13-23-17-10-6-7-11-18(17)26-14-20(23)25/h4-11H,12-14H2,1-3H3,(H,22,24). The minimum atomic E-state index is -0.133. The first-order valence-electron chi connectivity index (χ1n) is 8.78. The molecule has 3 rings (SSSR count). The number of rotatable bonds is 4. The van der Waals surface area contributed by atoms with Gasteiger partial charge in [0.2, 0.25) is 5.91 Å². The van der Waals surface area contributed by atoms with Crippen molar-refractivity contribution in [1.82, 2.24) is 0 Å². The van der Waals surface area contributed by atoms with E-state index in [0.29, 0.717) is 18.0 Å². The molecule has 2 aromatic rings. The zero-order valence-electron chi connectivity index (χ0n) is 15.4. The number of fused-ring (bicyclic) bond motifs is 1. The molecule has 0 atom stereocenters. The summed E-state index contributed by atoms with van der Waals surface area (Å²) in [5.74, 6) is 0.427. The second-order valence-electron chi connectivity index (χ2n) is 7.40. The Labute approximate surface area is 154 Å². The quantitative estimate of drug-likeness (QED) is 0.912. The molecule has 2 aromatic carbocycles. The van der Waals surface area contributed by atoms with Gasteiger partial charge in [-0.3, -0.25) is 9.59 Å². The summed E-state index contributed by atoms with van der Waals surface area (Å²) in [7, 11) is 0. The molecule has 1 aliphatic rings. The maximum atomic E-state index is 12.5. The summed E-state index contributed by atoms with van der Waals surface area (Å²) in [5.41, 5.74) is 2.55. The number of anilines is 2. The summed E-state index contributed by atoms with van der Waals surface area (Å²) < 4.78 is 5.43. The van der Waals surface area contributed by atoms with Crippen LogP contribution in [-0.2, 0) is 15.0 Å². The summed E-state index contributed by atoms with van der Waals surface area (Å²) in [4.78, 5) is 26.3. The molecule has 0 spiro atoms. The minimum absolute atomic E-state index is 0.00545. The maximum absolute atomic E-state index is 12.5. The molecule has 2 amide bonds. The average molecular weight is 352 g/mol. The molecular formula is C21H24N2O3. The third-order valence-electron chi connectivity index (χ3n) is 4.38. The molecule has 0 radical (unpaired) electrons. The molecule has 1 heterocycles. The van der Waals surface area contributed by atoms with Gasteiger partial charge < -0.3 is 15.0 Å². The molecule has 5 heteroatoms. The van der Waals surface area contributed by atoms with Crippen molar-refractivity contribution < 1.29 is 14.3 Å². The van der Waals surface area contributed by atoms with Crippen molar-refractivity contribution >= 4 is 23.2 Å². The molecular weight excluding hydrogens is 328 g/mol. The van der Waals surface area contributed by atoms with Crippen molar-refractivity contribution in [2.45, 2.75) is 32.6 Å². The molecule has 0 saturated heterocycles. The summed E-state index contributed by atoms with van der Waals surface area (Å²) in [6, 6.07) is 15.2. The molecule has 0 aliphatic carbocycles. The number of amides is 2. The molecule has 0 fully saturated rings. The Morgan fingerprint density at radius 2 is 1.81 bits per heavy atom. The van der Waals surface area contributed by atoms with Gasteiger partial charge in [-0.25, -0.2) is 0 Å². The zero-order valence-corrected chi connectivity index (χ0v) is 15.4. The largest absolute Gasteiger partial charge is 0.482 e. The van der Waals surface area contributed by atoms with Crippen LogP contribution in [0.1, 0.15) is 32.8 Å². The van der Waals surface area contributed by atoms with E-state index < -0.39 is 0 Å². The highest BCUT2D eigenvalue weighted by Crippen LogP contribution is 2.32. The lowest BCUT2D eigenvalue weighted by Crippen LogP contribution is -2.40. The number of ether oxygens (including phenoxy) is 1. The van der Waals surface area contributed by atoms with Gasteiger partial charge in [0.1, 0.15) is 5.75 Å². The number of nitrogens with zero attached hydrogens (tertiary/aromatic N) is 1. The highest BCUT2D eigenvalue weighted by atomic mass is 16.5. The smallest absolute Gasteiger partial charge is 0.265 e. The highest BCUT2D eigenvalue weighted by Gasteiger charge is 2.25. The van der Waals surface area contributed by atoms with E-state index in [1.54, 1.807) is 4.90 Å². The first-order chi connectivity index (χ1) is 12.4. The first kappa shape index (κ1) is 18.0. The zero-order chi connectivity index (χ0) is 18.7. The summed E-state index contributed by atoms with van der Waals surface area (Å²) in [6.07, 6.45) is 0.221. The Morgan fingerprint density at radius 3 is 2.58 bits per heavy atom. The number of para-hydroxylation sites is 3. The lowest BCUT2D eigenvalue weighted by molar-refractivity contribution is -0.121. The fourth-order valence-electron chi connectivity index (χ4n) is 3.07. The van der Waals surface area contributed by atoms with E-state index in [2.05, 4.69) is 26.1 Å². The molecule has 0 aromatic heterocycles. The Hall–Kier alpha value is -2.82. The molecule has 0 saturated carbocycles. The Morgan fingerprint density at radius 1 is 1.12 bits per heavy atom. The van der Waals surface area contributed by atoms with Gasteiger partial charge in [0, 0.05) is 18.7 Å². The average Bonchev–Trinajstić information content (AvgIpc) is 2.60. The molecule has 0 unspecified atom stereocenters. The maximum Gasteiger partial charge on any atom is 0.265 e. The van der Waals surface area contributed by atoms with Gasteiger partial charge in [-0.05, 0) is 29.2 Å². The van der Waals surface area contributed by atoms with Crippen LogP contribution < -0.4 is 15.0 Å².